The summed E-state index contributed by atoms with van der Waals surface area (Å²) in [5.41, 5.74) is 0. The summed E-state index contributed by atoms with van der Waals surface area (Å²) >= 11 is 2.08. The van der Waals surface area contributed by atoms with Gasteiger partial charge in [0, 0.05) is 19.3 Å². The summed E-state index contributed by atoms with van der Waals surface area (Å²) in [6, 6.07) is 0. The van der Waals surface area contributed by atoms with Crippen LogP contribution in [0.5, 0.6) is 0 Å². The van der Waals surface area contributed by atoms with E-state index in [2.05, 4.69) is 18.7 Å². The van der Waals surface area contributed by atoms with E-state index < -0.39 is 17.8 Å². The molecule has 6 heteroatoms. The fourth-order valence-electron chi connectivity index (χ4n) is 3.07. The molecule has 5 nitrogen and oxygen atoms in total. The smallest absolute Gasteiger partial charge is 0.330 e. The Balaban J connectivity index is 1.80. The number of hydroxylamine groups is 2. The van der Waals surface area contributed by atoms with Gasteiger partial charge in [-0.1, -0.05) is 64.7 Å². The average Bonchev–Trinajstić information content (AvgIpc) is 2.97. The first-order valence-corrected chi connectivity index (χ1v) is 11.9. The Labute approximate surface area is 168 Å². The van der Waals surface area contributed by atoms with Crippen LogP contribution in [-0.4, -0.2) is 34.4 Å². The number of unbranched alkanes of at least 4 members (excludes halogenated alkanes) is 10. The van der Waals surface area contributed by atoms with Crippen LogP contribution in [0.1, 0.15) is 103 Å². The maximum Gasteiger partial charge on any atom is 0.333 e. The van der Waals surface area contributed by atoms with E-state index in [1.807, 2.05) is 0 Å². The minimum atomic E-state index is -0.482. The molecule has 0 aromatic heterocycles. The van der Waals surface area contributed by atoms with E-state index in [-0.39, 0.29) is 19.3 Å². The fourth-order valence-corrected chi connectivity index (χ4v) is 4.09. The first kappa shape index (κ1) is 24.0. The van der Waals surface area contributed by atoms with Gasteiger partial charge < -0.3 is 4.84 Å². The number of carbonyl (C=O) groups is 3. The lowest BCUT2D eigenvalue weighted by Crippen LogP contribution is -2.31. The van der Waals surface area contributed by atoms with Crippen LogP contribution in [0.4, 0.5) is 0 Å². The van der Waals surface area contributed by atoms with Crippen molar-refractivity contribution < 1.29 is 19.2 Å². The van der Waals surface area contributed by atoms with E-state index >= 15 is 0 Å². The second-order valence-electron chi connectivity index (χ2n) is 7.30. The number of hydrogen-bond donors (Lipinski definition) is 0. The number of thioether (sulfide) groups is 1. The molecule has 2 amide bonds. The second-order valence-corrected chi connectivity index (χ2v) is 8.52. The number of imide groups is 1. The molecule has 0 spiro atoms. The number of rotatable bonds is 17. The first-order valence-electron chi connectivity index (χ1n) is 10.8. The van der Waals surface area contributed by atoms with Crippen LogP contribution in [0.2, 0.25) is 0 Å². The molecular formula is C21H37NO4S. The molecule has 156 valence electrons. The van der Waals surface area contributed by atoms with E-state index in [0.29, 0.717) is 5.06 Å². The predicted octanol–water partition coefficient (Wildman–Crippen LogP) is 5.42. The van der Waals surface area contributed by atoms with E-state index in [4.69, 9.17) is 4.84 Å². The zero-order valence-corrected chi connectivity index (χ0v) is 17.8. The van der Waals surface area contributed by atoms with Crippen molar-refractivity contribution >= 4 is 29.5 Å². The Bertz CT molecular complexity index is 426. The predicted molar refractivity (Wildman–Crippen MR) is 110 cm³/mol. The van der Waals surface area contributed by atoms with Gasteiger partial charge in [0.05, 0.1) is 0 Å². The Morgan fingerprint density at radius 1 is 0.815 bits per heavy atom. The molecular weight excluding hydrogens is 362 g/mol. The minimum Gasteiger partial charge on any atom is -0.330 e. The summed E-state index contributed by atoms with van der Waals surface area (Å²) in [4.78, 5) is 39.2. The van der Waals surface area contributed by atoms with Crippen molar-refractivity contribution in [3.8, 4) is 0 Å². The summed E-state index contributed by atoms with van der Waals surface area (Å²) in [6.45, 7) is 2.26. The molecule has 1 fully saturated rings. The van der Waals surface area contributed by atoms with Gasteiger partial charge in [0.2, 0.25) is 0 Å². The number of hydrogen-bond acceptors (Lipinski definition) is 5. The Kier molecular flexibility index (Phi) is 14.2. The third kappa shape index (κ3) is 12.1. The Hall–Kier alpha value is -1.04. The zero-order chi connectivity index (χ0) is 19.7. The molecule has 1 rings (SSSR count). The van der Waals surface area contributed by atoms with E-state index in [0.717, 1.165) is 19.3 Å². The van der Waals surface area contributed by atoms with Crippen LogP contribution >= 0.6 is 11.8 Å². The number of carbonyl (C=O) groups excluding carboxylic acids is 3. The highest BCUT2D eigenvalue weighted by atomic mass is 32.2. The number of amides is 2. The molecule has 0 aliphatic carbocycles. The highest BCUT2D eigenvalue weighted by Gasteiger charge is 2.32. The van der Waals surface area contributed by atoms with Gasteiger partial charge in [0.1, 0.15) is 0 Å². The van der Waals surface area contributed by atoms with Crippen molar-refractivity contribution in [3.63, 3.8) is 0 Å². The van der Waals surface area contributed by atoms with Crippen molar-refractivity contribution in [1.82, 2.24) is 5.06 Å². The summed E-state index contributed by atoms with van der Waals surface area (Å²) in [7, 11) is 0. The van der Waals surface area contributed by atoms with Gasteiger partial charge in [-0.2, -0.15) is 11.8 Å². The van der Waals surface area contributed by atoms with Crippen LogP contribution in [0.25, 0.3) is 0 Å². The van der Waals surface area contributed by atoms with Crippen molar-refractivity contribution in [2.75, 3.05) is 11.5 Å². The fraction of sp³-hybridized carbons (Fsp3) is 0.857. The van der Waals surface area contributed by atoms with Gasteiger partial charge in [0.25, 0.3) is 11.8 Å². The second kappa shape index (κ2) is 16.0. The molecule has 0 aromatic rings. The molecule has 0 aromatic carbocycles. The van der Waals surface area contributed by atoms with Crippen molar-refractivity contribution in [2.24, 2.45) is 0 Å². The third-order valence-corrected chi connectivity index (χ3v) is 5.92. The normalized spacial score (nSPS) is 14.2. The standard InChI is InChI=1S/C21H37NO4S/c1-2-3-4-5-9-12-17-27-18-13-10-7-6-8-11-14-21(25)26-22-19(23)15-16-20(22)24/h2-18H2,1H3. The van der Waals surface area contributed by atoms with Crippen LogP contribution in [0, 0.1) is 0 Å². The lowest BCUT2D eigenvalue weighted by molar-refractivity contribution is -0.197. The average molecular weight is 400 g/mol. The lowest BCUT2D eigenvalue weighted by atomic mass is 10.1. The highest BCUT2D eigenvalue weighted by molar-refractivity contribution is 7.99. The van der Waals surface area contributed by atoms with Gasteiger partial charge in [-0.3, -0.25) is 9.59 Å². The first-order chi connectivity index (χ1) is 13.1. The molecule has 1 aliphatic heterocycles. The molecule has 0 radical (unpaired) electrons. The van der Waals surface area contributed by atoms with Gasteiger partial charge in [-0.25, -0.2) is 4.79 Å². The summed E-state index contributed by atoms with van der Waals surface area (Å²) < 4.78 is 0. The quantitative estimate of drug-likeness (QED) is 0.241. The Morgan fingerprint density at radius 2 is 1.30 bits per heavy atom. The summed E-state index contributed by atoms with van der Waals surface area (Å²) in [5.74, 6) is 1.25. The zero-order valence-electron chi connectivity index (χ0n) is 17.0. The van der Waals surface area contributed by atoms with Gasteiger partial charge in [0.15, 0.2) is 0 Å². The van der Waals surface area contributed by atoms with Crippen LogP contribution < -0.4 is 0 Å². The lowest BCUT2D eigenvalue weighted by Gasteiger charge is -2.12. The maximum absolute atomic E-state index is 11.7. The summed E-state index contributed by atoms with van der Waals surface area (Å²) in [6.07, 6.45) is 15.4. The van der Waals surface area contributed by atoms with E-state index in [1.165, 1.54) is 69.3 Å². The van der Waals surface area contributed by atoms with E-state index in [9.17, 15) is 14.4 Å². The van der Waals surface area contributed by atoms with Gasteiger partial charge in [-0.15, -0.1) is 5.06 Å². The molecule has 0 unspecified atom stereocenters. The number of nitrogens with zero attached hydrogens (tertiary/aromatic N) is 1. The van der Waals surface area contributed by atoms with Crippen LogP contribution in [-0.2, 0) is 19.2 Å². The molecule has 1 heterocycles. The van der Waals surface area contributed by atoms with Crippen molar-refractivity contribution in [1.29, 1.82) is 0 Å². The van der Waals surface area contributed by atoms with E-state index in [1.54, 1.807) is 0 Å². The minimum absolute atomic E-state index is 0.142. The highest BCUT2D eigenvalue weighted by Crippen LogP contribution is 2.15. The molecule has 1 aliphatic rings. The molecule has 0 saturated carbocycles. The molecule has 1 saturated heterocycles. The molecule has 0 N–H and O–H groups in total. The van der Waals surface area contributed by atoms with Crippen molar-refractivity contribution in [2.45, 2.75) is 103 Å². The van der Waals surface area contributed by atoms with Crippen LogP contribution in [0.3, 0.4) is 0 Å². The molecule has 0 atom stereocenters. The largest absolute Gasteiger partial charge is 0.333 e. The molecule has 27 heavy (non-hydrogen) atoms. The van der Waals surface area contributed by atoms with Crippen molar-refractivity contribution in [3.05, 3.63) is 0 Å². The monoisotopic (exact) mass is 399 g/mol. The third-order valence-electron chi connectivity index (χ3n) is 4.76. The topological polar surface area (TPSA) is 63.7 Å². The maximum atomic E-state index is 11.7. The summed E-state index contributed by atoms with van der Waals surface area (Å²) in [5, 5.41) is 0.630. The van der Waals surface area contributed by atoms with Gasteiger partial charge >= 0.3 is 5.97 Å². The SMILES string of the molecule is CCCCCCCCSCCCCCCCCC(=O)ON1C(=O)CCC1=O. The Morgan fingerprint density at radius 3 is 1.85 bits per heavy atom. The van der Waals surface area contributed by atoms with Crippen LogP contribution in [0.15, 0.2) is 0 Å². The molecule has 0 bridgehead atoms. The van der Waals surface area contributed by atoms with Gasteiger partial charge in [-0.05, 0) is 30.8 Å².